The Morgan fingerprint density at radius 3 is 2.81 bits per heavy atom. The maximum absolute atomic E-state index is 12.0. The largest absolute Gasteiger partial charge is 0.508 e. The number of carbonyl (C=O) groups is 2. The summed E-state index contributed by atoms with van der Waals surface area (Å²) in [4.78, 5) is 23.9. The van der Waals surface area contributed by atoms with Gasteiger partial charge in [-0.05, 0) is 42.8 Å². The number of carbonyl (C=O) groups excluding carboxylic acids is 2. The third-order valence-corrected chi connectivity index (χ3v) is 4.04. The second-order valence-electron chi connectivity index (χ2n) is 5.79. The number of hydrogen-bond donors (Lipinski definition) is 2. The standard InChI is InChI=1S/C19H16ClNO5/c1-11-6-13(20)2-5-16(11)21-18(23)10-26-19(24)7-12-9-25-17-8-14(22)3-4-15(12)17/h2-6,8-9,22H,7,10H2,1H3,(H,21,23). The molecule has 3 aromatic rings. The number of esters is 1. The first-order valence-corrected chi connectivity index (χ1v) is 8.21. The van der Waals surface area contributed by atoms with Gasteiger partial charge in [-0.3, -0.25) is 9.59 Å². The molecule has 2 N–H and O–H groups in total. The van der Waals surface area contributed by atoms with E-state index in [2.05, 4.69) is 5.32 Å². The Bertz CT molecular complexity index is 979. The molecule has 26 heavy (non-hydrogen) atoms. The number of fused-ring (bicyclic) bond motifs is 1. The van der Waals surface area contributed by atoms with Crippen LogP contribution in [-0.4, -0.2) is 23.6 Å². The van der Waals surface area contributed by atoms with Crippen molar-refractivity contribution in [3.8, 4) is 5.75 Å². The Morgan fingerprint density at radius 2 is 2.04 bits per heavy atom. The van der Waals surface area contributed by atoms with Gasteiger partial charge in [-0.2, -0.15) is 0 Å². The summed E-state index contributed by atoms with van der Waals surface area (Å²) in [6, 6.07) is 9.71. The van der Waals surface area contributed by atoms with Crippen LogP contribution in [0.1, 0.15) is 11.1 Å². The number of aryl methyl sites for hydroxylation is 1. The van der Waals surface area contributed by atoms with E-state index in [0.29, 0.717) is 27.2 Å². The second kappa shape index (κ2) is 7.49. The zero-order valence-corrected chi connectivity index (χ0v) is 14.7. The highest BCUT2D eigenvalue weighted by atomic mass is 35.5. The van der Waals surface area contributed by atoms with E-state index in [1.165, 1.54) is 18.4 Å². The Hall–Kier alpha value is -2.99. The molecule has 0 saturated heterocycles. The minimum absolute atomic E-state index is 0.0367. The van der Waals surface area contributed by atoms with Crippen LogP contribution in [0.2, 0.25) is 5.02 Å². The van der Waals surface area contributed by atoms with E-state index in [1.54, 1.807) is 24.3 Å². The van der Waals surface area contributed by atoms with Crippen molar-refractivity contribution in [2.75, 3.05) is 11.9 Å². The molecule has 1 amide bonds. The fraction of sp³-hybridized carbons (Fsp3) is 0.158. The molecule has 0 saturated carbocycles. The summed E-state index contributed by atoms with van der Waals surface area (Å²) in [6.45, 7) is 1.42. The molecule has 0 radical (unpaired) electrons. The average Bonchev–Trinajstić information content (AvgIpc) is 2.97. The van der Waals surface area contributed by atoms with Crippen molar-refractivity contribution >= 4 is 40.1 Å². The Morgan fingerprint density at radius 1 is 1.23 bits per heavy atom. The summed E-state index contributed by atoms with van der Waals surface area (Å²) in [5.74, 6) is -0.912. The monoisotopic (exact) mass is 373 g/mol. The number of phenols is 1. The molecule has 0 bridgehead atoms. The molecule has 0 spiro atoms. The lowest BCUT2D eigenvalue weighted by Crippen LogP contribution is -2.22. The Labute approximate surface area is 154 Å². The van der Waals surface area contributed by atoms with Gasteiger partial charge in [-0.15, -0.1) is 0 Å². The summed E-state index contributed by atoms with van der Waals surface area (Å²) in [5, 5.41) is 13.4. The van der Waals surface area contributed by atoms with Crippen LogP contribution in [-0.2, 0) is 20.7 Å². The van der Waals surface area contributed by atoms with Crippen LogP contribution >= 0.6 is 11.6 Å². The van der Waals surface area contributed by atoms with Crippen molar-refractivity contribution < 1.29 is 23.8 Å². The van der Waals surface area contributed by atoms with E-state index < -0.39 is 18.5 Å². The minimum Gasteiger partial charge on any atom is -0.508 e. The summed E-state index contributed by atoms with van der Waals surface area (Å²) < 4.78 is 10.3. The number of ether oxygens (including phenoxy) is 1. The van der Waals surface area contributed by atoms with Crippen LogP contribution in [0.25, 0.3) is 11.0 Å². The predicted molar refractivity (Wildman–Crippen MR) is 97.4 cm³/mol. The highest BCUT2D eigenvalue weighted by Gasteiger charge is 2.14. The smallest absolute Gasteiger partial charge is 0.310 e. The van der Waals surface area contributed by atoms with E-state index in [4.69, 9.17) is 20.8 Å². The molecule has 0 aliphatic carbocycles. The molecule has 1 heterocycles. The van der Waals surface area contributed by atoms with E-state index >= 15 is 0 Å². The number of aromatic hydroxyl groups is 1. The van der Waals surface area contributed by atoms with Gasteiger partial charge in [0, 0.05) is 27.7 Å². The first kappa shape index (κ1) is 17.8. The Balaban J connectivity index is 1.55. The second-order valence-corrected chi connectivity index (χ2v) is 6.22. The van der Waals surface area contributed by atoms with Crippen LogP contribution in [0.4, 0.5) is 5.69 Å². The molecule has 0 aliphatic heterocycles. The molecule has 0 unspecified atom stereocenters. The van der Waals surface area contributed by atoms with Gasteiger partial charge in [-0.25, -0.2) is 0 Å². The lowest BCUT2D eigenvalue weighted by molar-refractivity contribution is -0.146. The first-order valence-electron chi connectivity index (χ1n) is 7.83. The molecular formula is C19H16ClNO5. The third-order valence-electron chi connectivity index (χ3n) is 3.80. The molecule has 0 fully saturated rings. The normalized spacial score (nSPS) is 10.7. The number of furan rings is 1. The van der Waals surface area contributed by atoms with Gasteiger partial charge in [0.15, 0.2) is 6.61 Å². The highest BCUT2D eigenvalue weighted by Crippen LogP contribution is 2.25. The van der Waals surface area contributed by atoms with Gasteiger partial charge in [0.05, 0.1) is 12.7 Å². The highest BCUT2D eigenvalue weighted by molar-refractivity contribution is 6.30. The summed E-state index contributed by atoms with van der Waals surface area (Å²) >= 11 is 5.87. The topological polar surface area (TPSA) is 88.8 Å². The molecular weight excluding hydrogens is 358 g/mol. The van der Waals surface area contributed by atoms with Gasteiger partial charge in [0.2, 0.25) is 0 Å². The molecule has 7 heteroatoms. The molecule has 134 valence electrons. The van der Waals surface area contributed by atoms with E-state index in [9.17, 15) is 14.7 Å². The number of amides is 1. The average molecular weight is 374 g/mol. The van der Waals surface area contributed by atoms with Gasteiger partial charge >= 0.3 is 5.97 Å². The van der Waals surface area contributed by atoms with Crippen molar-refractivity contribution in [1.82, 2.24) is 0 Å². The van der Waals surface area contributed by atoms with E-state index in [0.717, 1.165) is 5.56 Å². The molecule has 0 aliphatic rings. The number of benzene rings is 2. The zero-order valence-electron chi connectivity index (χ0n) is 13.9. The number of rotatable bonds is 5. The van der Waals surface area contributed by atoms with Crippen LogP contribution in [0, 0.1) is 6.92 Å². The maximum Gasteiger partial charge on any atom is 0.310 e. The van der Waals surface area contributed by atoms with Crippen molar-refractivity contribution in [3.05, 3.63) is 58.8 Å². The number of anilines is 1. The van der Waals surface area contributed by atoms with Gasteiger partial charge < -0.3 is 19.6 Å². The number of halogens is 1. The quantitative estimate of drug-likeness (QED) is 0.663. The Kier molecular flexibility index (Phi) is 5.14. The van der Waals surface area contributed by atoms with Gasteiger partial charge in [-0.1, -0.05) is 11.6 Å². The summed E-state index contributed by atoms with van der Waals surface area (Å²) in [6.07, 6.45) is 1.40. The van der Waals surface area contributed by atoms with E-state index in [-0.39, 0.29) is 12.2 Å². The van der Waals surface area contributed by atoms with Gasteiger partial charge in [0.1, 0.15) is 11.3 Å². The lowest BCUT2D eigenvalue weighted by Gasteiger charge is -2.09. The van der Waals surface area contributed by atoms with Crippen LogP contribution in [0.3, 0.4) is 0 Å². The number of nitrogens with one attached hydrogen (secondary N) is 1. The molecule has 6 nitrogen and oxygen atoms in total. The third kappa shape index (κ3) is 4.15. The molecule has 0 atom stereocenters. The van der Waals surface area contributed by atoms with E-state index in [1.807, 2.05) is 6.92 Å². The fourth-order valence-corrected chi connectivity index (χ4v) is 2.74. The molecule has 3 rings (SSSR count). The SMILES string of the molecule is Cc1cc(Cl)ccc1NC(=O)COC(=O)Cc1coc2cc(O)ccc12. The van der Waals surface area contributed by atoms with Gasteiger partial charge in [0.25, 0.3) is 5.91 Å². The van der Waals surface area contributed by atoms with Crippen molar-refractivity contribution in [1.29, 1.82) is 0 Å². The summed E-state index contributed by atoms with van der Waals surface area (Å²) in [7, 11) is 0. The van der Waals surface area contributed by atoms with Crippen molar-refractivity contribution in [2.45, 2.75) is 13.3 Å². The van der Waals surface area contributed by atoms with Crippen LogP contribution in [0.5, 0.6) is 5.75 Å². The lowest BCUT2D eigenvalue weighted by atomic mass is 10.1. The maximum atomic E-state index is 12.0. The van der Waals surface area contributed by atoms with Crippen LogP contribution < -0.4 is 5.32 Å². The molecule has 2 aromatic carbocycles. The van der Waals surface area contributed by atoms with Crippen LogP contribution in [0.15, 0.2) is 47.1 Å². The number of hydrogen-bond acceptors (Lipinski definition) is 5. The summed E-state index contributed by atoms with van der Waals surface area (Å²) in [5.41, 5.74) is 2.52. The molecule has 1 aromatic heterocycles. The fourth-order valence-electron chi connectivity index (χ4n) is 2.51. The predicted octanol–water partition coefficient (Wildman–Crippen LogP) is 3.82. The van der Waals surface area contributed by atoms with Crippen molar-refractivity contribution in [3.63, 3.8) is 0 Å². The first-order chi connectivity index (χ1) is 12.4. The van der Waals surface area contributed by atoms with Crippen molar-refractivity contribution in [2.24, 2.45) is 0 Å². The number of phenolic OH excluding ortho intramolecular Hbond substituents is 1. The zero-order chi connectivity index (χ0) is 18.7. The minimum atomic E-state index is -0.552.